The van der Waals surface area contributed by atoms with E-state index in [-0.39, 0.29) is 5.91 Å². The molecule has 23 heavy (non-hydrogen) atoms. The molecule has 0 atom stereocenters. The molecule has 0 spiro atoms. The molecule has 114 valence electrons. The summed E-state index contributed by atoms with van der Waals surface area (Å²) < 4.78 is 0. The Balaban J connectivity index is 1.48. The van der Waals surface area contributed by atoms with Crippen molar-refractivity contribution >= 4 is 22.4 Å². The van der Waals surface area contributed by atoms with Crippen LogP contribution in [-0.2, 0) is 24.1 Å². The fourth-order valence-corrected chi connectivity index (χ4v) is 3.39. The molecule has 1 aliphatic carbocycles. The molecule has 1 amide bonds. The zero-order valence-electron chi connectivity index (χ0n) is 13.0. The number of benzene rings is 3. The fraction of sp³-hybridized carbons (Fsp3) is 0.190. The standard InChI is InChI=1S/C21H19NO/c23-21(22-20-11-10-17-6-3-7-19(17)14-20)13-15-8-9-16-4-1-2-5-18(16)12-15/h1-2,4-5,8-12,14H,3,6-7,13H2,(H,22,23). The van der Waals surface area contributed by atoms with Gasteiger partial charge in [-0.1, -0.05) is 48.5 Å². The molecule has 0 unspecified atom stereocenters. The number of carbonyl (C=O) groups is 1. The number of aryl methyl sites for hydroxylation is 2. The third-order valence-corrected chi connectivity index (χ3v) is 4.56. The van der Waals surface area contributed by atoms with Gasteiger partial charge in [0, 0.05) is 5.69 Å². The van der Waals surface area contributed by atoms with Crippen LogP contribution in [0.2, 0.25) is 0 Å². The molecule has 0 aliphatic heterocycles. The lowest BCUT2D eigenvalue weighted by atomic mass is 10.0. The smallest absolute Gasteiger partial charge is 0.228 e. The zero-order chi connectivity index (χ0) is 15.6. The summed E-state index contributed by atoms with van der Waals surface area (Å²) in [4.78, 5) is 12.3. The largest absolute Gasteiger partial charge is 0.326 e. The quantitative estimate of drug-likeness (QED) is 0.757. The first-order valence-corrected chi connectivity index (χ1v) is 8.17. The highest BCUT2D eigenvalue weighted by Crippen LogP contribution is 2.25. The lowest BCUT2D eigenvalue weighted by Crippen LogP contribution is -2.14. The number of anilines is 1. The molecule has 0 radical (unpaired) electrons. The van der Waals surface area contributed by atoms with Crippen molar-refractivity contribution in [1.29, 1.82) is 0 Å². The number of nitrogens with one attached hydrogen (secondary N) is 1. The molecule has 1 N–H and O–H groups in total. The second kappa shape index (κ2) is 5.88. The van der Waals surface area contributed by atoms with Crippen LogP contribution in [-0.4, -0.2) is 5.91 Å². The molecule has 0 fully saturated rings. The Kier molecular flexibility index (Phi) is 3.58. The molecule has 3 aromatic carbocycles. The van der Waals surface area contributed by atoms with E-state index in [1.807, 2.05) is 24.3 Å². The molecule has 0 heterocycles. The highest BCUT2D eigenvalue weighted by atomic mass is 16.1. The van der Waals surface area contributed by atoms with Crippen LogP contribution in [0.25, 0.3) is 10.8 Å². The summed E-state index contributed by atoms with van der Waals surface area (Å²) in [7, 11) is 0. The molecular weight excluding hydrogens is 282 g/mol. The Morgan fingerprint density at radius 3 is 2.61 bits per heavy atom. The summed E-state index contributed by atoms with van der Waals surface area (Å²) in [6.45, 7) is 0. The lowest BCUT2D eigenvalue weighted by Gasteiger charge is -2.08. The summed E-state index contributed by atoms with van der Waals surface area (Å²) >= 11 is 0. The number of fused-ring (bicyclic) bond motifs is 2. The van der Waals surface area contributed by atoms with E-state index in [4.69, 9.17) is 0 Å². The lowest BCUT2D eigenvalue weighted by molar-refractivity contribution is -0.115. The molecule has 4 rings (SSSR count). The van der Waals surface area contributed by atoms with Gasteiger partial charge in [0.05, 0.1) is 6.42 Å². The van der Waals surface area contributed by atoms with Gasteiger partial charge in [-0.25, -0.2) is 0 Å². The van der Waals surface area contributed by atoms with Crippen molar-refractivity contribution in [2.24, 2.45) is 0 Å². The Morgan fingerprint density at radius 1 is 0.870 bits per heavy atom. The Bertz CT molecular complexity index is 882. The summed E-state index contributed by atoms with van der Waals surface area (Å²) in [6.07, 6.45) is 3.93. The van der Waals surface area contributed by atoms with Crippen molar-refractivity contribution in [3.63, 3.8) is 0 Å². The molecular formula is C21H19NO. The first-order chi connectivity index (χ1) is 11.3. The average Bonchev–Trinajstić information content (AvgIpc) is 3.02. The van der Waals surface area contributed by atoms with Gasteiger partial charge in [0.1, 0.15) is 0 Å². The van der Waals surface area contributed by atoms with Gasteiger partial charge in [-0.2, -0.15) is 0 Å². The highest BCUT2D eigenvalue weighted by molar-refractivity contribution is 5.93. The minimum Gasteiger partial charge on any atom is -0.326 e. The first-order valence-electron chi connectivity index (χ1n) is 8.17. The SMILES string of the molecule is O=C(Cc1ccc2ccccc2c1)Nc1ccc2c(c1)CCC2. The van der Waals surface area contributed by atoms with Crippen molar-refractivity contribution < 1.29 is 4.79 Å². The number of amides is 1. The second-order valence-electron chi connectivity index (χ2n) is 6.24. The predicted molar refractivity (Wildman–Crippen MR) is 94.7 cm³/mol. The second-order valence-corrected chi connectivity index (χ2v) is 6.24. The predicted octanol–water partition coefficient (Wildman–Crippen LogP) is 4.51. The molecule has 0 saturated carbocycles. The van der Waals surface area contributed by atoms with Crippen molar-refractivity contribution in [2.75, 3.05) is 5.32 Å². The zero-order valence-corrected chi connectivity index (χ0v) is 13.0. The number of carbonyl (C=O) groups excluding carboxylic acids is 1. The minimum atomic E-state index is 0.0400. The summed E-state index contributed by atoms with van der Waals surface area (Å²) in [5.41, 5.74) is 4.77. The third-order valence-electron chi connectivity index (χ3n) is 4.56. The van der Waals surface area contributed by atoms with Crippen LogP contribution in [0, 0.1) is 0 Å². The van der Waals surface area contributed by atoms with Crippen molar-refractivity contribution in [2.45, 2.75) is 25.7 Å². The number of hydrogen-bond donors (Lipinski definition) is 1. The van der Waals surface area contributed by atoms with Crippen LogP contribution < -0.4 is 5.32 Å². The van der Waals surface area contributed by atoms with E-state index < -0.39 is 0 Å². The highest BCUT2D eigenvalue weighted by Gasteiger charge is 2.12. The molecule has 2 heteroatoms. The van der Waals surface area contributed by atoms with E-state index in [2.05, 4.69) is 41.7 Å². The molecule has 0 saturated heterocycles. The maximum absolute atomic E-state index is 12.3. The van der Waals surface area contributed by atoms with E-state index in [0.29, 0.717) is 6.42 Å². The van der Waals surface area contributed by atoms with Gasteiger partial charge in [-0.15, -0.1) is 0 Å². The van der Waals surface area contributed by atoms with Gasteiger partial charge in [-0.3, -0.25) is 4.79 Å². The van der Waals surface area contributed by atoms with Gasteiger partial charge in [-0.05, 0) is 58.9 Å². The van der Waals surface area contributed by atoms with Crippen LogP contribution in [0.4, 0.5) is 5.69 Å². The van der Waals surface area contributed by atoms with Crippen LogP contribution in [0.1, 0.15) is 23.1 Å². The van der Waals surface area contributed by atoms with Crippen molar-refractivity contribution in [3.05, 3.63) is 77.4 Å². The first kappa shape index (κ1) is 14.0. The van der Waals surface area contributed by atoms with Gasteiger partial charge in [0.15, 0.2) is 0 Å². The Labute approximate surface area is 136 Å². The van der Waals surface area contributed by atoms with E-state index in [0.717, 1.165) is 17.7 Å². The van der Waals surface area contributed by atoms with Crippen LogP contribution >= 0.6 is 0 Å². The summed E-state index contributed by atoms with van der Waals surface area (Å²) in [6, 6.07) is 20.7. The summed E-state index contributed by atoms with van der Waals surface area (Å²) in [5.74, 6) is 0.0400. The Morgan fingerprint density at radius 2 is 1.70 bits per heavy atom. The fourth-order valence-electron chi connectivity index (χ4n) is 3.39. The van der Waals surface area contributed by atoms with E-state index in [9.17, 15) is 4.79 Å². The van der Waals surface area contributed by atoms with Crippen LogP contribution in [0.5, 0.6) is 0 Å². The van der Waals surface area contributed by atoms with Crippen LogP contribution in [0.15, 0.2) is 60.7 Å². The monoisotopic (exact) mass is 301 g/mol. The molecule has 0 aromatic heterocycles. The van der Waals surface area contributed by atoms with Crippen LogP contribution in [0.3, 0.4) is 0 Å². The average molecular weight is 301 g/mol. The van der Waals surface area contributed by atoms with Gasteiger partial charge in [0.25, 0.3) is 0 Å². The number of rotatable bonds is 3. The molecule has 1 aliphatic rings. The maximum atomic E-state index is 12.3. The summed E-state index contributed by atoms with van der Waals surface area (Å²) in [5, 5.41) is 5.41. The van der Waals surface area contributed by atoms with Crippen molar-refractivity contribution in [1.82, 2.24) is 0 Å². The normalized spacial score (nSPS) is 13.0. The van der Waals surface area contributed by atoms with Gasteiger partial charge >= 0.3 is 0 Å². The topological polar surface area (TPSA) is 29.1 Å². The maximum Gasteiger partial charge on any atom is 0.228 e. The molecule has 3 aromatic rings. The van der Waals surface area contributed by atoms with Gasteiger partial charge in [0.2, 0.25) is 5.91 Å². The van der Waals surface area contributed by atoms with E-state index in [1.54, 1.807) is 0 Å². The molecule has 0 bridgehead atoms. The van der Waals surface area contributed by atoms with E-state index in [1.165, 1.54) is 34.7 Å². The third kappa shape index (κ3) is 2.98. The Hall–Kier alpha value is -2.61. The van der Waals surface area contributed by atoms with Gasteiger partial charge < -0.3 is 5.32 Å². The van der Waals surface area contributed by atoms with E-state index >= 15 is 0 Å². The minimum absolute atomic E-state index is 0.0400. The van der Waals surface area contributed by atoms with Crippen molar-refractivity contribution in [3.8, 4) is 0 Å². The molecule has 2 nitrogen and oxygen atoms in total. The number of hydrogen-bond acceptors (Lipinski definition) is 1.